The SMILES string of the molecule is CCOc1cc(/C=C2/C(=N)N3C(c4ccccc4)=CSC3=NC2=O)ccc1OCc1ccccc1[N+](=O)[O-]. The molecular formula is C28H22N4O5S. The molecule has 1 N–H and O–H groups in total. The first-order chi connectivity index (χ1) is 18.5. The molecule has 3 aromatic rings. The summed E-state index contributed by atoms with van der Waals surface area (Å²) in [6.07, 6.45) is 1.60. The molecule has 0 aromatic heterocycles. The molecule has 0 saturated heterocycles. The highest BCUT2D eigenvalue weighted by Gasteiger charge is 2.36. The van der Waals surface area contributed by atoms with Crippen LogP contribution in [0.15, 0.2) is 88.8 Å². The lowest BCUT2D eigenvalue weighted by atomic mass is 10.1. The summed E-state index contributed by atoms with van der Waals surface area (Å²) in [7, 11) is 0. The number of nitro groups is 1. The predicted molar refractivity (Wildman–Crippen MR) is 147 cm³/mol. The van der Waals surface area contributed by atoms with Crippen molar-refractivity contribution in [3.8, 4) is 11.5 Å². The third-order valence-corrected chi connectivity index (χ3v) is 6.66. The van der Waals surface area contributed by atoms with Crippen LogP contribution in [0.4, 0.5) is 5.69 Å². The molecule has 10 heteroatoms. The highest BCUT2D eigenvalue weighted by atomic mass is 32.2. The van der Waals surface area contributed by atoms with E-state index in [1.165, 1.54) is 17.8 Å². The number of nitrogens with zero attached hydrogens (tertiary/aromatic N) is 3. The summed E-state index contributed by atoms with van der Waals surface area (Å²) in [5, 5.41) is 22.5. The summed E-state index contributed by atoms with van der Waals surface area (Å²) in [4.78, 5) is 29.6. The van der Waals surface area contributed by atoms with Gasteiger partial charge >= 0.3 is 0 Å². The van der Waals surface area contributed by atoms with Gasteiger partial charge in [0.25, 0.3) is 11.6 Å². The van der Waals surface area contributed by atoms with Crippen LogP contribution in [-0.2, 0) is 11.4 Å². The Hall–Kier alpha value is -4.70. The lowest BCUT2D eigenvalue weighted by molar-refractivity contribution is -0.385. The Balaban J connectivity index is 1.42. The Kier molecular flexibility index (Phi) is 7.05. The maximum atomic E-state index is 12.8. The van der Waals surface area contributed by atoms with E-state index in [2.05, 4.69) is 4.99 Å². The molecular weight excluding hydrogens is 504 g/mol. The molecule has 0 radical (unpaired) electrons. The van der Waals surface area contributed by atoms with Gasteiger partial charge in [-0.15, -0.1) is 0 Å². The number of aliphatic imine (C=N–C) groups is 1. The van der Waals surface area contributed by atoms with E-state index >= 15 is 0 Å². The smallest absolute Gasteiger partial charge is 0.283 e. The van der Waals surface area contributed by atoms with Crippen LogP contribution in [0.1, 0.15) is 23.6 Å². The average molecular weight is 527 g/mol. The quantitative estimate of drug-likeness (QED) is 0.221. The number of fused-ring (bicyclic) bond motifs is 1. The summed E-state index contributed by atoms with van der Waals surface area (Å²) in [5.74, 6) is 0.365. The summed E-state index contributed by atoms with van der Waals surface area (Å²) < 4.78 is 11.6. The van der Waals surface area contributed by atoms with Crippen LogP contribution in [0.25, 0.3) is 11.8 Å². The molecule has 1 amide bonds. The first-order valence-electron chi connectivity index (χ1n) is 11.7. The number of nitrogens with one attached hydrogen (secondary N) is 1. The van der Waals surface area contributed by atoms with E-state index in [9.17, 15) is 14.9 Å². The Morgan fingerprint density at radius 1 is 1.05 bits per heavy atom. The number of hydrogen-bond acceptors (Lipinski definition) is 7. The Labute approximate surface area is 222 Å². The normalized spacial score (nSPS) is 15.7. The molecule has 38 heavy (non-hydrogen) atoms. The summed E-state index contributed by atoms with van der Waals surface area (Å²) >= 11 is 1.31. The summed E-state index contributed by atoms with van der Waals surface area (Å²) in [5.41, 5.74) is 2.88. The minimum atomic E-state index is -0.494. The molecule has 0 bridgehead atoms. The van der Waals surface area contributed by atoms with Gasteiger partial charge in [-0.05, 0) is 42.3 Å². The molecule has 0 spiro atoms. The van der Waals surface area contributed by atoms with Crippen LogP contribution >= 0.6 is 11.8 Å². The van der Waals surface area contributed by atoms with Gasteiger partial charge in [0.05, 0.1) is 28.4 Å². The molecule has 3 aromatic carbocycles. The van der Waals surface area contributed by atoms with Crippen LogP contribution < -0.4 is 9.47 Å². The zero-order valence-electron chi connectivity index (χ0n) is 20.3. The van der Waals surface area contributed by atoms with Gasteiger partial charge in [0.15, 0.2) is 16.7 Å². The van der Waals surface area contributed by atoms with Gasteiger partial charge in [0.2, 0.25) is 0 Å². The number of thioether (sulfide) groups is 1. The molecule has 0 fully saturated rings. The third kappa shape index (κ3) is 4.94. The molecule has 0 saturated carbocycles. The number of nitro benzene ring substituents is 1. The van der Waals surface area contributed by atoms with E-state index in [4.69, 9.17) is 14.9 Å². The fourth-order valence-electron chi connectivity index (χ4n) is 4.05. The predicted octanol–water partition coefficient (Wildman–Crippen LogP) is 5.88. The van der Waals surface area contributed by atoms with Gasteiger partial charge in [-0.1, -0.05) is 60.3 Å². The second-order valence-electron chi connectivity index (χ2n) is 8.24. The highest BCUT2D eigenvalue weighted by Crippen LogP contribution is 2.38. The molecule has 2 aliphatic rings. The minimum Gasteiger partial charge on any atom is -0.490 e. The second kappa shape index (κ2) is 10.7. The van der Waals surface area contributed by atoms with Crippen molar-refractivity contribution in [3.05, 3.63) is 111 Å². The molecule has 0 atom stereocenters. The first kappa shape index (κ1) is 25.0. The standard InChI is InChI=1S/C28H22N4O5S/c1-2-36-25-15-18(12-13-24(25)37-16-20-10-6-7-11-22(20)32(34)35)14-21-26(29)31-23(19-8-4-3-5-9-19)17-38-28(31)30-27(21)33/h3-15,17,29H,2,16H2,1H3/b21-14-,29-26?. The molecule has 2 heterocycles. The van der Waals surface area contributed by atoms with E-state index in [-0.39, 0.29) is 23.7 Å². The maximum Gasteiger partial charge on any atom is 0.283 e. The van der Waals surface area contributed by atoms with Crippen molar-refractivity contribution in [3.63, 3.8) is 0 Å². The number of amidine groups is 2. The van der Waals surface area contributed by atoms with Crippen LogP contribution in [-0.4, -0.2) is 33.3 Å². The monoisotopic (exact) mass is 526 g/mol. The third-order valence-electron chi connectivity index (χ3n) is 5.83. The maximum absolute atomic E-state index is 12.8. The van der Waals surface area contributed by atoms with Crippen molar-refractivity contribution >= 4 is 46.1 Å². The number of carbonyl (C=O) groups excluding carboxylic acids is 1. The zero-order valence-corrected chi connectivity index (χ0v) is 21.1. The van der Waals surface area contributed by atoms with Crippen molar-refractivity contribution in [1.29, 1.82) is 5.41 Å². The largest absolute Gasteiger partial charge is 0.490 e. The fraction of sp³-hybridized carbons (Fsp3) is 0.107. The molecule has 2 aliphatic heterocycles. The second-order valence-corrected chi connectivity index (χ2v) is 9.08. The van der Waals surface area contributed by atoms with Crippen molar-refractivity contribution < 1.29 is 19.2 Å². The molecule has 0 aliphatic carbocycles. The van der Waals surface area contributed by atoms with E-state index in [1.54, 1.807) is 47.4 Å². The van der Waals surface area contributed by atoms with E-state index in [0.717, 1.165) is 11.3 Å². The highest BCUT2D eigenvalue weighted by molar-refractivity contribution is 8.17. The van der Waals surface area contributed by atoms with Crippen molar-refractivity contribution in [1.82, 2.24) is 4.90 Å². The van der Waals surface area contributed by atoms with Gasteiger partial charge in [-0.2, -0.15) is 4.99 Å². The van der Waals surface area contributed by atoms with Crippen LogP contribution in [0.3, 0.4) is 0 Å². The number of ether oxygens (including phenoxy) is 2. The number of benzene rings is 3. The van der Waals surface area contributed by atoms with E-state index in [0.29, 0.717) is 34.4 Å². The molecule has 190 valence electrons. The summed E-state index contributed by atoms with van der Waals surface area (Å²) in [6.45, 7) is 2.18. The van der Waals surface area contributed by atoms with Crippen molar-refractivity contribution in [2.75, 3.05) is 6.61 Å². The topological polar surface area (TPSA) is 118 Å². The van der Waals surface area contributed by atoms with Crippen LogP contribution in [0.2, 0.25) is 0 Å². The number of amides is 1. The van der Waals surface area contributed by atoms with Gasteiger partial charge in [-0.25, -0.2) is 0 Å². The molecule has 9 nitrogen and oxygen atoms in total. The fourth-order valence-corrected chi connectivity index (χ4v) is 4.94. The first-order valence-corrected chi connectivity index (χ1v) is 12.6. The number of hydrogen-bond donors (Lipinski definition) is 1. The number of carbonyl (C=O) groups is 1. The van der Waals surface area contributed by atoms with Gasteiger partial charge in [-0.3, -0.25) is 25.2 Å². The lowest BCUT2D eigenvalue weighted by Gasteiger charge is -2.27. The van der Waals surface area contributed by atoms with Crippen molar-refractivity contribution in [2.45, 2.75) is 13.5 Å². The summed E-state index contributed by atoms with van der Waals surface area (Å²) in [6, 6.07) is 21.1. The van der Waals surface area contributed by atoms with Crippen molar-refractivity contribution in [2.24, 2.45) is 4.99 Å². The Bertz CT molecular complexity index is 1530. The zero-order chi connectivity index (χ0) is 26.6. The Morgan fingerprint density at radius 3 is 2.58 bits per heavy atom. The number of rotatable bonds is 8. The van der Waals surface area contributed by atoms with Crippen LogP contribution in [0, 0.1) is 15.5 Å². The van der Waals surface area contributed by atoms with E-state index in [1.807, 2.05) is 42.7 Å². The average Bonchev–Trinajstić information content (AvgIpc) is 3.35. The van der Waals surface area contributed by atoms with Gasteiger partial charge in [0, 0.05) is 11.5 Å². The lowest BCUT2D eigenvalue weighted by Crippen LogP contribution is -2.38. The minimum absolute atomic E-state index is 0.0144. The van der Waals surface area contributed by atoms with Gasteiger partial charge in [0.1, 0.15) is 12.4 Å². The molecule has 0 unspecified atom stereocenters. The van der Waals surface area contributed by atoms with Gasteiger partial charge < -0.3 is 9.47 Å². The molecule has 5 rings (SSSR count). The van der Waals surface area contributed by atoms with E-state index < -0.39 is 10.8 Å². The Morgan fingerprint density at radius 2 is 1.82 bits per heavy atom. The van der Waals surface area contributed by atoms with Crippen LogP contribution in [0.5, 0.6) is 11.5 Å². The number of para-hydroxylation sites is 1.